The van der Waals surface area contributed by atoms with Crippen molar-refractivity contribution in [3.05, 3.63) is 28.8 Å². The molecule has 0 heterocycles. The molecular weight excluding hydrogens is 290 g/mol. The van der Waals surface area contributed by atoms with Crippen LogP contribution in [0.3, 0.4) is 0 Å². The molecule has 5 heteroatoms. The Bertz CT molecular complexity index is 492. The minimum atomic E-state index is -0.152. The van der Waals surface area contributed by atoms with Gasteiger partial charge < -0.3 is 15.2 Å². The van der Waals surface area contributed by atoms with Crippen molar-refractivity contribution in [2.24, 2.45) is 5.92 Å². The highest BCUT2D eigenvalue weighted by Gasteiger charge is 2.24. The van der Waals surface area contributed by atoms with Gasteiger partial charge in [-0.3, -0.25) is 4.79 Å². The van der Waals surface area contributed by atoms with Crippen molar-refractivity contribution in [3.63, 3.8) is 0 Å². The molecule has 0 radical (unpaired) electrons. The fourth-order valence-electron chi connectivity index (χ4n) is 2.82. The molecule has 1 fully saturated rings. The lowest BCUT2D eigenvalue weighted by Crippen LogP contribution is -2.25. The van der Waals surface area contributed by atoms with Crippen LogP contribution in [0.1, 0.15) is 42.5 Å². The van der Waals surface area contributed by atoms with Crippen LogP contribution in [0.25, 0.3) is 0 Å². The van der Waals surface area contributed by atoms with E-state index in [1.54, 1.807) is 18.2 Å². The summed E-state index contributed by atoms with van der Waals surface area (Å²) in [6, 6.07) is 4.98. The van der Waals surface area contributed by atoms with Gasteiger partial charge in [0, 0.05) is 12.1 Å². The number of aliphatic hydroxyl groups excluding tert-OH is 1. The highest BCUT2D eigenvalue weighted by molar-refractivity contribution is 6.32. The largest absolute Gasteiger partial charge is 0.495 e. The topological polar surface area (TPSA) is 58.6 Å². The Morgan fingerprint density at radius 3 is 2.95 bits per heavy atom. The Kier molecular flexibility index (Phi) is 5.88. The minimum Gasteiger partial charge on any atom is -0.495 e. The molecular formula is C16H22ClNO3. The van der Waals surface area contributed by atoms with Crippen molar-refractivity contribution in [2.75, 3.05) is 13.7 Å². The monoisotopic (exact) mass is 311 g/mol. The van der Waals surface area contributed by atoms with Gasteiger partial charge in [-0.25, -0.2) is 0 Å². The second kappa shape index (κ2) is 7.66. The van der Waals surface area contributed by atoms with Crippen LogP contribution in [0, 0.1) is 5.92 Å². The van der Waals surface area contributed by atoms with Crippen molar-refractivity contribution < 1.29 is 14.6 Å². The summed E-state index contributed by atoms with van der Waals surface area (Å²) in [5.74, 6) is 0.771. The molecule has 0 saturated heterocycles. The lowest BCUT2D eigenvalue weighted by Gasteiger charge is -2.14. The molecule has 0 bridgehead atoms. The molecule has 2 N–H and O–H groups in total. The zero-order valence-electron chi connectivity index (χ0n) is 12.3. The van der Waals surface area contributed by atoms with Crippen molar-refractivity contribution in [3.8, 4) is 5.75 Å². The third-order valence-electron chi connectivity index (χ3n) is 4.07. The van der Waals surface area contributed by atoms with Gasteiger partial charge in [0.15, 0.2) is 0 Å². The van der Waals surface area contributed by atoms with E-state index < -0.39 is 0 Å². The SMILES string of the molecule is COc1cc(C(=O)NCCC[C@@H]2CCC[C@@H]2O)ccc1Cl. The summed E-state index contributed by atoms with van der Waals surface area (Å²) < 4.78 is 5.10. The van der Waals surface area contributed by atoms with Crippen LogP contribution in [-0.2, 0) is 0 Å². The minimum absolute atomic E-state index is 0.128. The van der Waals surface area contributed by atoms with Crippen molar-refractivity contribution in [1.82, 2.24) is 5.32 Å². The average Bonchev–Trinajstić information content (AvgIpc) is 2.89. The molecule has 21 heavy (non-hydrogen) atoms. The average molecular weight is 312 g/mol. The second-order valence-electron chi connectivity index (χ2n) is 5.51. The van der Waals surface area contributed by atoms with E-state index in [0.29, 0.717) is 28.8 Å². The number of nitrogens with one attached hydrogen (secondary N) is 1. The fraction of sp³-hybridized carbons (Fsp3) is 0.562. The van der Waals surface area contributed by atoms with E-state index in [1.807, 2.05) is 0 Å². The first-order valence-electron chi connectivity index (χ1n) is 7.41. The van der Waals surface area contributed by atoms with Crippen molar-refractivity contribution >= 4 is 17.5 Å². The van der Waals surface area contributed by atoms with E-state index >= 15 is 0 Å². The molecule has 0 aliphatic heterocycles. The molecule has 1 amide bonds. The first kappa shape index (κ1) is 16.1. The number of carbonyl (C=O) groups excluding carboxylic acids is 1. The fourth-order valence-corrected chi connectivity index (χ4v) is 3.02. The maximum Gasteiger partial charge on any atom is 0.251 e. The van der Waals surface area contributed by atoms with E-state index in [2.05, 4.69) is 5.32 Å². The van der Waals surface area contributed by atoms with Gasteiger partial charge in [0.25, 0.3) is 5.91 Å². The summed E-state index contributed by atoms with van der Waals surface area (Å²) in [7, 11) is 1.52. The number of benzene rings is 1. The Labute approximate surface area is 130 Å². The Hall–Kier alpha value is -1.26. The Morgan fingerprint density at radius 2 is 2.29 bits per heavy atom. The lowest BCUT2D eigenvalue weighted by molar-refractivity contribution is 0.0949. The summed E-state index contributed by atoms with van der Waals surface area (Å²) in [6.45, 7) is 0.618. The summed E-state index contributed by atoms with van der Waals surface area (Å²) >= 11 is 5.93. The quantitative estimate of drug-likeness (QED) is 0.794. The normalized spacial score (nSPS) is 21.3. The highest BCUT2D eigenvalue weighted by Crippen LogP contribution is 2.29. The molecule has 1 aromatic rings. The lowest BCUT2D eigenvalue weighted by atomic mass is 10.00. The number of carbonyl (C=O) groups is 1. The Morgan fingerprint density at radius 1 is 1.48 bits per heavy atom. The molecule has 0 unspecified atom stereocenters. The smallest absolute Gasteiger partial charge is 0.251 e. The first-order valence-corrected chi connectivity index (χ1v) is 7.79. The van der Waals surface area contributed by atoms with Gasteiger partial charge in [-0.2, -0.15) is 0 Å². The van der Waals surface area contributed by atoms with Crippen molar-refractivity contribution in [2.45, 2.75) is 38.2 Å². The standard InChI is InChI=1S/C16H22ClNO3/c1-21-15-10-12(7-8-13(15)17)16(20)18-9-3-5-11-4-2-6-14(11)19/h7-8,10-11,14,19H,2-6,9H2,1H3,(H,18,20)/t11-,14-/m0/s1. The third-order valence-corrected chi connectivity index (χ3v) is 4.38. The zero-order valence-corrected chi connectivity index (χ0v) is 13.0. The second-order valence-corrected chi connectivity index (χ2v) is 5.91. The van der Waals surface area contributed by atoms with Gasteiger partial charge in [-0.15, -0.1) is 0 Å². The maximum atomic E-state index is 12.0. The number of halogens is 1. The van der Waals surface area contributed by atoms with Gasteiger partial charge in [-0.05, 0) is 49.8 Å². The van der Waals surface area contributed by atoms with Crippen LogP contribution in [0.4, 0.5) is 0 Å². The van der Waals surface area contributed by atoms with Gasteiger partial charge in [0.2, 0.25) is 0 Å². The van der Waals surface area contributed by atoms with Crippen LogP contribution >= 0.6 is 11.6 Å². The van der Waals surface area contributed by atoms with Gasteiger partial charge in [-0.1, -0.05) is 18.0 Å². The first-order chi connectivity index (χ1) is 10.1. The summed E-state index contributed by atoms with van der Waals surface area (Å²) in [5, 5.41) is 13.1. The molecule has 2 rings (SSSR count). The van der Waals surface area contributed by atoms with E-state index in [9.17, 15) is 9.90 Å². The predicted octanol–water partition coefficient (Wildman–Crippen LogP) is 3.02. The summed E-state index contributed by atoms with van der Waals surface area (Å²) in [6.07, 6.45) is 4.83. The Balaban J connectivity index is 1.76. The number of rotatable bonds is 6. The highest BCUT2D eigenvalue weighted by atomic mass is 35.5. The number of hydrogen-bond donors (Lipinski definition) is 2. The number of ether oxygens (including phenoxy) is 1. The van der Waals surface area contributed by atoms with Gasteiger partial charge in [0.1, 0.15) is 5.75 Å². The number of amides is 1. The van der Waals surface area contributed by atoms with Crippen molar-refractivity contribution in [1.29, 1.82) is 0 Å². The molecule has 0 spiro atoms. The third kappa shape index (κ3) is 4.35. The van der Waals surface area contributed by atoms with Crippen LogP contribution in [0.5, 0.6) is 5.75 Å². The molecule has 116 valence electrons. The van der Waals surface area contributed by atoms with Gasteiger partial charge in [0.05, 0.1) is 18.2 Å². The summed E-state index contributed by atoms with van der Waals surface area (Å²) in [4.78, 5) is 12.0. The predicted molar refractivity (Wildman–Crippen MR) is 82.9 cm³/mol. The van der Waals surface area contributed by atoms with E-state index in [1.165, 1.54) is 7.11 Å². The van der Waals surface area contributed by atoms with E-state index in [4.69, 9.17) is 16.3 Å². The number of methoxy groups -OCH3 is 1. The van der Waals surface area contributed by atoms with E-state index in [0.717, 1.165) is 32.1 Å². The van der Waals surface area contributed by atoms with Crippen LogP contribution in [0.2, 0.25) is 5.02 Å². The van der Waals surface area contributed by atoms with Crippen LogP contribution in [0.15, 0.2) is 18.2 Å². The zero-order chi connectivity index (χ0) is 15.2. The van der Waals surface area contributed by atoms with Crippen LogP contribution in [-0.4, -0.2) is 30.8 Å². The molecule has 1 aliphatic rings. The number of hydrogen-bond acceptors (Lipinski definition) is 3. The molecule has 0 aromatic heterocycles. The van der Waals surface area contributed by atoms with E-state index in [-0.39, 0.29) is 12.0 Å². The number of aliphatic hydroxyl groups is 1. The van der Waals surface area contributed by atoms with Gasteiger partial charge >= 0.3 is 0 Å². The molecule has 2 atom stereocenters. The molecule has 1 saturated carbocycles. The molecule has 1 aromatic carbocycles. The molecule has 4 nitrogen and oxygen atoms in total. The van der Waals surface area contributed by atoms with Crippen LogP contribution < -0.4 is 10.1 Å². The summed E-state index contributed by atoms with van der Waals surface area (Å²) in [5.41, 5.74) is 0.539. The molecule has 1 aliphatic carbocycles. The maximum absolute atomic E-state index is 12.0.